The van der Waals surface area contributed by atoms with Crippen molar-refractivity contribution in [2.45, 2.75) is 33.2 Å². The number of aromatic amines is 1. The van der Waals surface area contributed by atoms with Crippen LogP contribution < -0.4 is 5.32 Å². The van der Waals surface area contributed by atoms with E-state index in [0.717, 1.165) is 16.8 Å². The molecule has 4 nitrogen and oxygen atoms in total. The Balaban J connectivity index is 1.93. The summed E-state index contributed by atoms with van der Waals surface area (Å²) in [6, 6.07) is 12.3. The summed E-state index contributed by atoms with van der Waals surface area (Å²) >= 11 is 24.4. The van der Waals surface area contributed by atoms with Crippen LogP contribution in [0.1, 0.15) is 38.1 Å². The van der Waals surface area contributed by atoms with E-state index in [-0.39, 0.29) is 11.9 Å². The Hall–Kier alpha value is -1.72. The van der Waals surface area contributed by atoms with Crippen LogP contribution in [0.3, 0.4) is 0 Å². The van der Waals surface area contributed by atoms with E-state index in [1.807, 2.05) is 39.0 Å². The fourth-order valence-electron chi connectivity index (χ4n) is 2.83. The van der Waals surface area contributed by atoms with Gasteiger partial charge in [0.1, 0.15) is 0 Å². The van der Waals surface area contributed by atoms with E-state index in [9.17, 15) is 4.79 Å². The van der Waals surface area contributed by atoms with Crippen molar-refractivity contribution in [2.75, 3.05) is 0 Å². The quantitative estimate of drug-likeness (QED) is 0.404. The molecule has 2 aromatic carbocycles. The van der Waals surface area contributed by atoms with Crippen molar-refractivity contribution in [1.29, 1.82) is 0 Å². The van der Waals surface area contributed by atoms with Crippen LogP contribution in [0.25, 0.3) is 11.3 Å². The predicted octanol–water partition coefficient (Wildman–Crippen LogP) is 7.14. The van der Waals surface area contributed by atoms with Crippen molar-refractivity contribution >= 4 is 52.3 Å². The average molecular weight is 485 g/mol. The van der Waals surface area contributed by atoms with E-state index in [1.165, 1.54) is 0 Å². The van der Waals surface area contributed by atoms with Crippen molar-refractivity contribution in [3.05, 3.63) is 73.8 Å². The molecule has 0 aliphatic rings. The van der Waals surface area contributed by atoms with E-state index in [2.05, 4.69) is 15.5 Å². The highest BCUT2D eigenvalue weighted by molar-refractivity contribution is 6.42. The molecule has 0 spiro atoms. The van der Waals surface area contributed by atoms with Gasteiger partial charge in [0.05, 0.1) is 37.5 Å². The zero-order valence-electron chi connectivity index (χ0n) is 16.7. The summed E-state index contributed by atoms with van der Waals surface area (Å²) in [5.41, 5.74) is 2.69. The molecule has 0 aliphatic heterocycles. The number of carbonyl (C=O) groups is 1. The van der Waals surface area contributed by atoms with Gasteiger partial charge in [0, 0.05) is 11.0 Å². The van der Waals surface area contributed by atoms with Crippen LogP contribution in [0, 0.1) is 5.41 Å². The predicted molar refractivity (Wildman–Crippen MR) is 125 cm³/mol. The van der Waals surface area contributed by atoms with Crippen LogP contribution in [0.4, 0.5) is 0 Å². The molecule has 3 rings (SSSR count). The summed E-state index contributed by atoms with van der Waals surface area (Å²) in [6.07, 6.45) is 0.516. The Morgan fingerprint density at radius 2 is 1.60 bits per heavy atom. The number of halogens is 4. The second kappa shape index (κ2) is 9.19. The van der Waals surface area contributed by atoms with Crippen LogP contribution in [-0.4, -0.2) is 16.1 Å². The average Bonchev–Trinajstić information content (AvgIpc) is 3.15. The SMILES string of the molecule is CC(C)(C)C(=O)NC(Cc1ccc(Cl)c(Cl)c1)c1cc(-c2ccc(Cl)c(Cl)c2)n[nH]1. The second-order valence-corrected chi connectivity index (χ2v) is 9.69. The molecule has 3 aromatic rings. The molecule has 1 heterocycles. The van der Waals surface area contributed by atoms with Crippen molar-refractivity contribution in [3.63, 3.8) is 0 Å². The topological polar surface area (TPSA) is 57.8 Å². The first-order valence-corrected chi connectivity index (χ1v) is 10.8. The molecule has 0 fully saturated rings. The van der Waals surface area contributed by atoms with Gasteiger partial charge in [0.15, 0.2) is 0 Å². The number of hydrogen-bond acceptors (Lipinski definition) is 2. The Bertz CT molecular complexity index is 1070. The van der Waals surface area contributed by atoms with Gasteiger partial charge in [0.2, 0.25) is 5.91 Å². The first kappa shape index (κ1) is 23.0. The highest BCUT2D eigenvalue weighted by atomic mass is 35.5. The number of nitrogens with zero attached hydrogens (tertiary/aromatic N) is 1. The molecule has 158 valence electrons. The lowest BCUT2D eigenvalue weighted by molar-refractivity contribution is -0.129. The van der Waals surface area contributed by atoms with Crippen LogP contribution in [0.5, 0.6) is 0 Å². The van der Waals surface area contributed by atoms with Gasteiger partial charge in [-0.2, -0.15) is 5.10 Å². The summed E-state index contributed by atoms with van der Waals surface area (Å²) < 4.78 is 0. The third-order valence-electron chi connectivity index (χ3n) is 4.60. The van der Waals surface area contributed by atoms with Gasteiger partial charge in [-0.3, -0.25) is 9.89 Å². The standard InChI is InChI=1S/C22H21Cl4N3O/c1-22(2,3)21(30)27-19(9-12-4-6-14(23)16(25)8-12)20-11-18(28-29-20)13-5-7-15(24)17(26)10-13/h4-8,10-11,19H,9H2,1-3H3,(H,27,30)(H,28,29). The van der Waals surface area contributed by atoms with Gasteiger partial charge in [-0.25, -0.2) is 0 Å². The number of amides is 1. The Labute approximate surface area is 195 Å². The Kier molecular flexibility index (Phi) is 7.03. The summed E-state index contributed by atoms with van der Waals surface area (Å²) in [6.45, 7) is 5.60. The minimum absolute atomic E-state index is 0.0711. The third kappa shape index (κ3) is 5.50. The van der Waals surface area contributed by atoms with Gasteiger partial charge in [-0.05, 0) is 42.3 Å². The molecule has 1 atom stereocenters. The maximum absolute atomic E-state index is 12.7. The highest BCUT2D eigenvalue weighted by Gasteiger charge is 2.26. The molecule has 0 aliphatic carbocycles. The summed E-state index contributed by atoms with van der Waals surface area (Å²) in [5.74, 6) is -0.0711. The van der Waals surface area contributed by atoms with Gasteiger partial charge >= 0.3 is 0 Å². The zero-order valence-corrected chi connectivity index (χ0v) is 19.7. The van der Waals surface area contributed by atoms with Crippen LogP contribution in [-0.2, 0) is 11.2 Å². The van der Waals surface area contributed by atoms with Gasteiger partial charge in [-0.15, -0.1) is 0 Å². The molecule has 30 heavy (non-hydrogen) atoms. The smallest absolute Gasteiger partial charge is 0.225 e. The molecule has 1 unspecified atom stereocenters. The molecule has 8 heteroatoms. The van der Waals surface area contributed by atoms with E-state index < -0.39 is 5.41 Å². The minimum atomic E-state index is -0.539. The number of rotatable bonds is 5. The van der Waals surface area contributed by atoms with Gasteiger partial charge in [-0.1, -0.05) is 79.3 Å². The van der Waals surface area contributed by atoms with E-state index >= 15 is 0 Å². The molecule has 0 bridgehead atoms. The molecule has 1 amide bonds. The van der Waals surface area contributed by atoms with E-state index in [4.69, 9.17) is 46.4 Å². The van der Waals surface area contributed by atoms with E-state index in [0.29, 0.717) is 32.2 Å². The minimum Gasteiger partial charge on any atom is -0.347 e. The van der Waals surface area contributed by atoms with Crippen molar-refractivity contribution in [3.8, 4) is 11.3 Å². The first-order valence-electron chi connectivity index (χ1n) is 9.30. The number of carbonyl (C=O) groups excluding carboxylic acids is 1. The molecule has 0 saturated carbocycles. The Morgan fingerprint density at radius 1 is 0.967 bits per heavy atom. The lowest BCUT2D eigenvalue weighted by atomic mass is 9.94. The van der Waals surface area contributed by atoms with Crippen molar-refractivity contribution in [1.82, 2.24) is 15.5 Å². The first-order chi connectivity index (χ1) is 14.0. The fourth-order valence-corrected chi connectivity index (χ4v) is 3.45. The zero-order chi connectivity index (χ0) is 22.1. The molecular weight excluding hydrogens is 464 g/mol. The molecular formula is C22H21Cl4N3O. The summed E-state index contributed by atoms with van der Waals surface area (Å²) in [5, 5.41) is 12.4. The second-order valence-electron chi connectivity index (χ2n) is 8.07. The maximum Gasteiger partial charge on any atom is 0.225 e. The number of aromatic nitrogens is 2. The van der Waals surface area contributed by atoms with Crippen LogP contribution in [0.2, 0.25) is 20.1 Å². The molecule has 0 radical (unpaired) electrons. The number of nitrogens with one attached hydrogen (secondary N) is 2. The van der Waals surface area contributed by atoms with Crippen molar-refractivity contribution in [2.24, 2.45) is 5.41 Å². The maximum atomic E-state index is 12.7. The normalized spacial score (nSPS) is 12.6. The molecule has 1 aromatic heterocycles. The van der Waals surface area contributed by atoms with Crippen LogP contribution in [0.15, 0.2) is 42.5 Å². The Morgan fingerprint density at radius 3 is 2.20 bits per heavy atom. The molecule has 0 saturated heterocycles. The highest BCUT2D eigenvalue weighted by Crippen LogP contribution is 2.30. The summed E-state index contributed by atoms with van der Waals surface area (Å²) in [7, 11) is 0. The van der Waals surface area contributed by atoms with Gasteiger partial charge in [0.25, 0.3) is 0 Å². The lowest BCUT2D eigenvalue weighted by Gasteiger charge is -2.24. The van der Waals surface area contributed by atoms with E-state index in [1.54, 1.807) is 24.3 Å². The van der Waals surface area contributed by atoms with Crippen LogP contribution >= 0.6 is 46.4 Å². The number of benzene rings is 2. The number of hydrogen-bond donors (Lipinski definition) is 2. The molecule has 2 N–H and O–H groups in total. The monoisotopic (exact) mass is 483 g/mol. The van der Waals surface area contributed by atoms with Crippen molar-refractivity contribution < 1.29 is 4.79 Å². The lowest BCUT2D eigenvalue weighted by Crippen LogP contribution is -2.38. The summed E-state index contributed by atoms with van der Waals surface area (Å²) in [4.78, 5) is 12.7. The largest absolute Gasteiger partial charge is 0.347 e. The fraction of sp³-hybridized carbons (Fsp3) is 0.273. The third-order valence-corrected chi connectivity index (χ3v) is 6.08. The van der Waals surface area contributed by atoms with Gasteiger partial charge < -0.3 is 5.32 Å². The number of H-pyrrole nitrogens is 1.